The molecule has 0 aromatic heterocycles. The highest BCUT2D eigenvalue weighted by molar-refractivity contribution is 9.10. The van der Waals surface area contributed by atoms with Crippen molar-refractivity contribution in [2.24, 2.45) is 0 Å². The number of hydrogen-bond donors (Lipinski definition) is 1. The molecule has 78 valence electrons. The highest BCUT2D eigenvalue weighted by atomic mass is 79.9. The number of benzene rings is 1. The van der Waals surface area contributed by atoms with E-state index in [4.69, 9.17) is 6.57 Å². The van der Waals surface area contributed by atoms with Crippen LogP contribution in [0.5, 0.6) is 0 Å². The average molecular weight is 267 g/mol. The Morgan fingerprint density at radius 3 is 2.67 bits per heavy atom. The zero-order valence-corrected chi connectivity index (χ0v) is 9.75. The van der Waals surface area contributed by atoms with Crippen molar-refractivity contribution in [3.05, 3.63) is 45.7 Å². The summed E-state index contributed by atoms with van der Waals surface area (Å²) in [5.74, 6) is -0.206. The minimum atomic E-state index is -0.206. The number of amides is 1. The fourth-order valence-electron chi connectivity index (χ4n) is 1.13. The van der Waals surface area contributed by atoms with Gasteiger partial charge in [-0.2, -0.15) is 0 Å². The number of nitrogens with one attached hydrogen (secondary N) is 1. The molecule has 0 fully saturated rings. The minimum Gasteiger partial charge on any atom is -0.349 e. The normalized spacial score (nSPS) is 9.33. The Morgan fingerprint density at radius 1 is 1.40 bits per heavy atom. The van der Waals surface area contributed by atoms with Gasteiger partial charge < -0.3 is 10.2 Å². The fourth-order valence-corrected chi connectivity index (χ4v) is 1.39. The summed E-state index contributed by atoms with van der Waals surface area (Å²) in [6, 6.07) is 7.95. The van der Waals surface area contributed by atoms with Gasteiger partial charge in [0.05, 0.1) is 0 Å². The lowest BCUT2D eigenvalue weighted by Gasteiger charge is -2.02. The first-order chi connectivity index (χ1) is 7.22. The van der Waals surface area contributed by atoms with E-state index in [0.717, 1.165) is 10.9 Å². The third-order valence-electron chi connectivity index (χ3n) is 1.87. The Balaban J connectivity index is 2.29. The van der Waals surface area contributed by atoms with Crippen LogP contribution >= 0.6 is 15.9 Å². The van der Waals surface area contributed by atoms with Gasteiger partial charge in [0.2, 0.25) is 0 Å². The van der Waals surface area contributed by atoms with Crippen LogP contribution in [-0.4, -0.2) is 19.0 Å². The van der Waals surface area contributed by atoms with Crippen LogP contribution in [0.25, 0.3) is 4.85 Å². The summed E-state index contributed by atoms with van der Waals surface area (Å²) in [6.45, 7) is 7.01. The molecule has 1 amide bonds. The summed E-state index contributed by atoms with van der Waals surface area (Å²) >= 11 is 3.35. The second-order valence-corrected chi connectivity index (χ2v) is 3.96. The topological polar surface area (TPSA) is 33.5 Å². The van der Waals surface area contributed by atoms with Crippen LogP contribution in [0.15, 0.2) is 28.7 Å². The molecule has 0 aliphatic rings. The van der Waals surface area contributed by atoms with Crippen LogP contribution in [0, 0.1) is 6.57 Å². The van der Waals surface area contributed by atoms with Crippen LogP contribution in [-0.2, 0) is 11.2 Å². The van der Waals surface area contributed by atoms with Gasteiger partial charge in [-0.05, 0) is 24.1 Å². The third-order valence-corrected chi connectivity index (χ3v) is 2.40. The molecule has 1 N–H and O–H groups in total. The summed E-state index contributed by atoms with van der Waals surface area (Å²) in [4.78, 5) is 14.0. The van der Waals surface area contributed by atoms with E-state index in [-0.39, 0.29) is 12.5 Å². The average Bonchev–Trinajstić information content (AvgIpc) is 2.21. The van der Waals surface area contributed by atoms with E-state index in [9.17, 15) is 4.79 Å². The lowest BCUT2D eigenvalue weighted by atomic mass is 10.1. The highest BCUT2D eigenvalue weighted by Gasteiger charge is 2.01. The lowest BCUT2D eigenvalue weighted by Crippen LogP contribution is -2.27. The molecule has 0 radical (unpaired) electrons. The van der Waals surface area contributed by atoms with Crippen molar-refractivity contribution >= 4 is 21.8 Å². The zero-order chi connectivity index (χ0) is 11.1. The second-order valence-electron chi connectivity index (χ2n) is 3.04. The van der Waals surface area contributed by atoms with E-state index in [1.165, 1.54) is 5.56 Å². The van der Waals surface area contributed by atoms with Crippen molar-refractivity contribution in [1.29, 1.82) is 0 Å². The molecule has 0 unspecified atom stereocenters. The molecule has 3 nitrogen and oxygen atoms in total. The smallest absolute Gasteiger partial charge is 0.300 e. The van der Waals surface area contributed by atoms with Crippen molar-refractivity contribution in [1.82, 2.24) is 5.32 Å². The van der Waals surface area contributed by atoms with Gasteiger partial charge in [0, 0.05) is 11.0 Å². The molecule has 0 heterocycles. The van der Waals surface area contributed by atoms with Gasteiger partial charge in [-0.15, -0.1) is 0 Å². The summed E-state index contributed by atoms with van der Waals surface area (Å²) < 4.78 is 1.04. The van der Waals surface area contributed by atoms with Crippen molar-refractivity contribution in [2.75, 3.05) is 13.1 Å². The Kier molecular flexibility index (Phi) is 4.85. The monoisotopic (exact) mass is 266 g/mol. The highest BCUT2D eigenvalue weighted by Crippen LogP contribution is 2.10. The van der Waals surface area contributed by atoms with Crippen molar-refractivity contribution in [2.45, 2.75) is 6.42 Å². The number of carbonyl (C=O) groups is 1. The van der Waals surface area contributed by atoms with Crippen LogP contribution < -0.4 is 5.32 Å². The molecule has 4 heteroatoms. The number of rotatable bonds is 4. The standard InChI is InChI=1S/C11H11BrN2O/c1-13-8-11(15)14-7-6-9-2-4-10(12)5-3-9/h2-5H,6-8H2,(H,14,15). The van der Waals surface area contributed by atoms with Gasteiger partial charge in [-0.1, -0.05) is 28.1 Å². The number of halogens is 1. The molecule has 0 spiro atoms. The Hall–Kier alpha value is -1.34. The summed E-state index contributed by atoms with van der Waals surface area (Å²) in [7, 11) is 0. The molecule has 1 aromatic rings. The predicted octanol–water partition coefficient (Wildman–Crippen LogP) is 2.03. The molecule has 0 bridgehead atoms. The zero-order valence-electron chi connectivity index (χ0n) is 8.16. The SMILES string of the molecule is [C-]#[N+]CC(=O)NCCc1ccc(Br)cc1. The maximum Gasteiger partial charge on any atom is 0.300 e. The largest absolute Gasteiger partial charge is 0.349 e. The first-order valence-corrected chi connectivity index (χ1v) is 5.36. The fraction of sp³-hybridized carbons (Fsp3) is 0.273. The van der Waals surface area contributed by atoms with Gasteiger partial charge in [0.25, 0.3) is 12.5 Å². The molecule has 0 saturated heterocycles. The van der Waals surface area contributed by atoms with Crippen molar-refractivity contribution < 1.29 is 4.79 Å². The number of carbonyl (C=O) groups excluding carboxylic acids is 1. The number of nitrogens with zero attached hydrogens (tertiary/aromatic N) is 1. The molecule has 1 rings (SSSR count). The van der Waals surface area contributed by atoms with E-state index in [1.807, 2.05) is 24.3 Å². The molecule has 15 heavy (non-hydrogen) atoms. The quantitative estimate of drug-likeness (QED) is 0.832. The Labute approximate surface area is 97.4 Å². The van der Waals surface area contributed by atoms with E-state index in [2.05, 4.69) is 26.1 Å². The lowest BCUT2D eigenvalue weighted by molar-refractivity contribution is -0.119. The van der Waals surface area contributed by atoms with E-state index < -0.39 is 0 Å². The van der Waals surface area contributed by atoms with Crippen LogP contribution in [0.2, 0.25) is 0 Å². The molecule has 0 aliphatic heterocycles. The van der Waals surface area contributed by atoms with Crippen molar-refractivity contribution in [3.63, 3.8) is 0 Å². The molecule has 0 aliphatic carbocycles. The van der Waals surface area contributed by atoms with Gasteiger partial charge in [-0.25, -0.2) is 6.57 Å². The van der Waals surface area contributed by atoms with Gasteiger partial charge >= 0.3 is 0 Å². The Bertz CT molecular complexity index is 367. The molecular weight excluding hydrogens is 256 g/mol. The van der Waals surface area contributed by atoms with Gasteiger partial charge in [0.1, 0.15) is 0 Å². The van der Waals surface area contributed by atoms with Crippen LogP contribution in [0.3, 0.4) is 0 Å². The van der Waals surface area contributed by atoms with Crippen molar-refractivity contribution in [3.8, 4) is 0 Å². The first kappa shape index (κ1) is 11.7. The molecule has 0 saturated carbocycles. The van der Waals surface area contributed by atoms with Gasteiger partial charge in [-0.3, -0.25) is 4.79 Å². The molecular formula is C11H11BrN2O. The first-order valence-electron chi connectivity index (χ1n) is 4.56. The molecule has 0 atom stereocenters. The maximum absolute atomic E-state index is 11.0. The molecule has 1 aromatic carbocycles. The predicted molar refractivity (Wildman–Crippen MR) is 62.3 cm³/mol. The summed E-state index contributed by atoms with van der Waals surface area (Å²) in [5, 5.41) is 2.68. The maximum atomic E-state index is 11.0. The second kappa shape index (κ2) is 6.20. The van der Waals surface area contributed by atoms with Gasteiger partial charge in [0.15, 0.2) is 0 Å². The minimum absolute atomic E-state index is 0.0830. The van der Waals surface area contributed by atoms with E-state index in [0.29, 0.717) is 6.54 Å². The Morgan fingerprint density at radius 2 is 2.07 bits per heavy atom. The third kappa shape index (κ3) is 4.61. The summed E-state index contributed by atoms with van der Waals surface area (Å²) in [5.41, 5.74) is 1.17. The van der Waals surface area contributed by atoms with E-state index >= 15 is 0 Å². The van der Waals surface area contributed by atoms with E-state index in [1.54, 1.807) is 0 Å². The summed E-state index contributed by atoms with van der Waals surface area (Å²) in [6.07, 6.45) is 0.789. The van der Waals surface area contributed by atoms with Crippen LogP contribution in [0.1, 0.15) is 5.56 Å². The number of hydrogen-bond acceptors (Lipinski definition) is 1. The van der Waals surface area contributed by atoms with Crippen LogP contribution in [0.4, 0.5) is 0 Å².